The van der Waals surface area contributed by atoms with Gasteiger partial charge in [-0.05, 0) is 23.8 Å². The second kappa shape index (κ2) is 6.28. The fourth-order valence-corrected chi connectivity index (χ4v) is 2.72. The lowest BCUT2D eigenvalue weighted by Crippen LogP contribution is -2.47. The summed E-state index contributed by atoms with van der Waals surface area (Å²) >= 11 is 6.20. The van der Waals surface area contributed by atoms with Gasteiger partial charge in [0, 0.05) is 45.1 Å². The molecule has 3 rings (SSSR count). The molecule has 6 heteroatoms. The van der Waals surface area contributed by atoms with Crippen molar-refractivity contribution in [1.29, 1.82) is 0 Å². The lowest BCUT2D eigenvalue weighted by molar-refractivity contribution is 0.641. The van der Waals surface area contributed by atoms with Crippen molar-refractivity contribution in [3.8, 4) is 0 Å². The van der Waals surface area contributed by atoms with Gasteiger partial charge in [0.25, 0.3) is 0 Å². The highest BCUT2D eigenvalue weighted by atomic mass is 35.5. The summed E-state index contributed by atoms with van der Waals surface area (Å²) in [5, 5.41) is 0.705. The minimum atomic E-state index is 0.527. The first-order chi connectivity index (χ1) is 10.3. The average molecular weight is 304 g/mol. The number of pyridine rings is 2. The molecule has 2 aromatic heterocycles. The van der Waals surface area contributed by atoms with Crippen molar-refractivity contribution in [3.05, 3.63) is 47.2 Å². The van der Waals surface area contributed by atoms with Crippen molar-refractivity contribution in [2.45, 2.75) is 6.54 Å². The molecule has 1 saturated heterocycles. The molecular formula is C15H18ClN5. The van der Waals surface area contributed by atoms with Gasteiger partial charge in [-0.25, -0.2) is 9.97 Å². The van der Waals surface area contributed by atoms with Gasteiger partial charge in [-0.3, -0.25) is 0 Å². The van der Waals surface area contributed by atoms with E-state index < -0.39 is 0 Å². The monoisotopic (exact) mass is 303 g/mol. The maximum atomic E-state index is 6.20. The molecule has 0 amide bonds. The maximum Gasteiger partial charge on any atom is 0.147 e. The molecule has 0 radical (unpaired) electrons. The van der Waals surface area contributed by atoms with Crippen molar-refractivity contribution in [1.82, 2.24) is 9.97 Å². The second-order valence-corrected chi connectivity index (χ2v) is 5.42. The highest BCUT2D eigenvalue weighted by molar-refractivity contribution is 6.32. The average Bonchev–Trinajstić information content (AvgIpc) is 2.56. The molecule has 2 aromatic rings. The molecule has 0 unspecified atom stereocenters. The zero-order valence-electron chi connectivity index (χ0n) is 11.7. The van der Waals surface area contributed by atoms with E-state index in [2.05, 4.69) is 19.8 Å². The molecule has 1 aliphatic heterocycles. The molecule has 0 saturated carbocycles. The number of aromatic nitrogens is 2. The van der Waals surface area contributed by atoms with Gasteiger partial charge in [0.2, 0.25) is 0 Å². The Morgan fingerprint density at radius 1 is 1.05 bits per heavy atom. The van der Waals surface area contributed by atoms with E-state index in [-0.39, 0.29) is 0 Å². The van der Waals surface area contributed by atoms with Gasteiger partial charge >= 0.3 is 0 Å². The predicted molar refractivity (Wildman–Crippen MR) is 85.8 cm³/mol. The summed E-state index contributed by atoms with van der Waals surface area (Å²) < 4.78 is 0. The number of nitrogens with zero attached hydrogens (tertiary/aromatic N) is 4. The van der Waals surface area contributed by atoms with E-state index in [1.165, 1.54) is 0 Å². The zero-order chi connectivity index (χ0) is 14.7. The Bertz CT molecular complexity index is 593. The van der Waals surface area contributed by atoms with Crippen LogP contribution in [0.15, 0.2) is 36.7 Å². The Balaban J connectivity index is 1.66. The summed E-state index contributed by atoms with van der Waals surface area (Å²) in [5.74, 6) is 1.87. The smallest absolute Gasteiger partial charge is 0.147 e. The number of anilines is 2. The molecule has 0 bridgehead atoms. The molecule has 5 nitrogen and oxygen atoms in total. The van der Waals surface area contributed by atoms with Crippen LogP contribution in [0.1, 0.15) is 5.56 Å². The van der Waals surface area contributed by atoms with Gasteiger partial charge in [-0.2, -0.15) is 0 Å². The SMILES string of the molecule is NCc1ccc(N2CCN(c3ncccc3Cl)CC2)nc1. The van der Waals surface area contributed by atoms with E-state index >= 15 is 0 Å². The van der Waals surface area contributed by atoms with Gasteiger partial charge in [0.15, 0.2) is 0 Å². The maximum absolute atomic E-state index is 6.20. The van der Waals surface area contributed by atoms with Crippen LogP contribution in [0.3, 0.4) is 0 Å². The van der Waals surface area contributed by atoms with Crippen molar-refractivity contribution in [2.24, 2.45) is 5.73 Å². The third-order valence-corrected chi connectivity index (χ3v) is 3.98. The lowest BCUT2D eigenvalue weighted by Gasteiger charge is -2.36. The Labute approximate surface area is 129 Å². The molecular weight excluding hydrogens is 286 g/mol. The minimum absolute atomic E-state index is 0.527. The highest BCUT2D eigenvalue weighted by Gasteiger charge is 2.20. The number of hydrogen-bond acceptors (Lipinski definition) is 5. The summed E-state index contributed by atoms with van der Waals surface area (Å²) in [5.41, 5.74) is 6.65. The fourth-order valence-electron chi connectivity index (χ4n) is 2.48. The Hall–Kier alpha value is -1.85. The molecule has 1 fully saturated rings. The third-order valence-electron chi connectivity index (χ3n) is 3.69. The molecule has 21 heavy (non-hydrogen) atoms. The predicted octanol–water partition coefficient (Wildman–Crippen LogP) is 1.92. The van der Waals surface area contributed by atoms with Gasteiger partial charge in [-0.1, -0.05) is 17.7 Å². The molecule has 2 N–H and O–H groups in total. The van der Waals surface area contributed by atoms with E-state index in [9.17, 15) is 0 Å². The number of piperazine rings is 1. The van der Waals surface area contributed by atoms with Crippen LogP contribution in [-0.4, -0.2) is 36.1 Å². The van der Waals surface area contributed by atoms with Crippen molar-refractivity contribution < 1.29 is 0 Å². The van der Waals surface area contributed by atoms with Crippen molar-refractivity contribution in [3.63, 3.8) is 0 Å². The molecule has 0 aliphatic carbocycles. The molecule has 110 valence electrons. The van der Waals surface area contributed by atoms with Crippen LogP contribution in [-0.2, 0) is 6.54 Å². The molecule has 3 heterocycles. The fraction of sp³-hybridized carbons (Fsp3) is 0.333. The summed E-state index contributed by atoms with van der Waals surface area (Å²) in [6, 6.07) is 7.80. The molecule has 0 spiro atoms. The van der Waals surface area contributed by atoms with Crippen molar-refractivity contribution >= 4 is 23.2 Å². The van der Waals surface area contributed by atoms with Crippen LogP contribution in [0, 0.1) is 0 Å². The largest absolute Gasteiger partial charge is 0.353 e. The van der Waals surface area contributed by atoms with Crippen molar-refractivity contribution in [2.75, 3.05) is 36.0 Å². The quantitative estimate of drug-likeness (QED) is 0.939. The highest BCUT2D eigenvalue weighted by Crippen LogP contribution is 2.24. The summed E-state index contributed by atoms with van der Waals surface area (Å²) in [6.07, 6.45) is 3.62. The number of rotatable bonds is 3. The van der Waals surface area contributed by atoms with E-state index in [1.807, 2.05) is 30.5 Å². The number of halogens is 1. The Morgan fingerprint density at radius 2 is 1.81 bits per heavy atom. The van der Waals surface area contributed by atoms with Crippen LogP contribution in [0.5, 0.6) is 0 Å². The van der Waals surface area contributed by atoms with E-state index in [4.69, 9.17) is 17.3 Å². The summed E-state index contributed by atoms with van der Waals surface area (Å²) in [7, 11) is 0. The first-order valence-electron chi connectivity index (χ1n) is 7.03. The van der Waals surface area contributed by atoms with Gasteiger partial charge in [0.05, 0.1) is 5.02 Å². The van der Waals surface area contributed by atoms with E-state index in [1.54, 1.807) is 6.20 Å². The number of nitrogens with two attached hydrogens (primary N) is 1. The zero-order valence-corrected chi connectivity index (χ0v) is 12.5. The van der Waals surface area contributed by atoms with Gasteiger partial charge < -0.3 is 15.5 Å². The first-order valence-corrected chi connectivity index (χ1v) is 7.41. The lowest BCUT2D eigenvalue weighted by atomic mass is 10.2. The van der Waals surface area contributed by atoms with E-state index in [0.29, 0.717) is 11.6 Å². The standard InChI is InChI=1S/C15H18ClN5/c16-13-2-1-5-18-15(13)21-8-6-20(7-9-21)14-4-3-12(10-17)11-19-14/h1-5,11H,6-10,17H2. The van der Waals surface area contributed by atoms with Gasteiger partial charge in [0.1, 0.15) is 11.6 Å². The summed E-state index contributed by atoms with van der Waals surface area (Å²) in [4.78, 5) is 13.3. The first kappa shape index (κ1) is 14.1. The molecule has 0 atom stereocenters. The van der Waals surface area contributed by atoms with E-state index in [0.717, 1.165) is 43.4 Å². The normalized spacial score (nSPS) is 15.3. The van der Waals surface area contributed by atoms with Crippen LogP contribution >= 0.6 is 11.6 Å². The van der Waals surface area contributed by atoms with Crippen LogP contribution in [0.4, 0.5) is 11.6 Å². The Morgan fingerprint density at radius 3 is 2.43 bits per heavy atom. The van der Waals surface area contributed by atoms with Gasteiger partial charge in [-0.15, -0.1) is 0 Å². The Kier molecular flexibility index (Phi) is 4.22. The summed E-state index contributed by atoms with van der Waals surface area (Å²) in [6.45, 7) is 4.11. The second-order valence-electron chi connectivity index (χ2n) is 5.01. The van der Waals surface area contributed by atoms with Crippen LogP contribution in [0.25, 0.3) is 0 Å². The third kappa shape index (κ3) is 3.09. The van der Waals surface area contributed by atoms with Crippen LogP contribution in [0.2, 0.25) is 5.02 Å². The molecule has 1 aliphatic rings. The van der Waals surface area contributed by atoms with Crippen LogP contribution < -0.4 is 15.5 Å². The topological polar surface area (TPSA) is 58.3 Å². The molecule has 0 aromatic carbocycles. The number of hydrogen-bond donors (Lipinski definition) is 1. The minimum Gasteiger partial charge on any atom is -0.353 e.